The second-order valence-corrected chi connectivity index (χ2v) is 6.33. The average Bonchev–Trinajstić information content (AvgIpc) is 2.40. The molecule has 2 aromatic carbocycles. The Labute approximate surface area is 134 Å². The van der Waals surface area contributed by atoms with E-state index in [1.165, 1.54) is 28.8 Å². The van der Waals surface area contributed by atoms with Gasteiger partial charge in [0.15, 0.2) is 0 Å². The van der Waals surface area contributed by atoms with Gasteiger partial charge in [0.1, 0.15) is 5.82 Å². The molecule has 0 aliphatic heterocycles. The minimum absolute atomic E-state index is 0.211. The van der Waals surface area contributed by atoms with Gasteiger partial charge in [-0.3, -0.25) is 0 Å². The first kappa shape index (κ1) is 16.2. The van der Waals surface area contributed by atoms with E-state index in [0.717, 1.165) is 23.0 Å². The normalized spacial score (nSPS) is 12.4. The summed E-state index contributed by atoms with van der Waals surface area (Å²) in [5, 5.41) is 3.53. The molecule has 0 radical (unpaired) electrons. The molecule has 0 heterocycles. The van der Waals surface area contributed by atoms with Crippen molar-refractivity contribution in [3.8, 4) is 0 Å². The summed E-state index contributed by atoms with van der Waals surface area (Å²) in [4.78, 5) is 0. The van der Waals surface area contributed by atoms with Gasteiger partial charge in [0, 0.05) is 10.5 Å². The summed E-state index contributed by atoms with van der Waals surface area (Å²) in [5.74, 6) is -0.211. The molecule has 0 bridgehead atoms. The SMILES string of the molecule is CCNC(Cc1ccc(F)cc1Br)c1cc(C)cc(C)c1. The fraction of sp³-hybridized carbons (Fsp3) is 0.333. The minimum atomic E-state index is -0.211. The molecule has 21 heavy (non-hydrogen) atoms. The Morgan fingerprint density at radius 2 is 1.76 bits per heavy atom. The quantitative estimate of drug-likeness (QED) is 0.791. The predicted octanol–water partition coefficient (Wildman–Crippen LogP) is 5.10. The maximum Gasteiger partial charge on any atom is 0.124 e. The van der Waals surface area contributed by atoms with Crippen molar-refractivity contribution in [3.63, 3.8) is 0 Å². The molecule has 112 valence electrons. The highest BCUT2D eigenvalue weighted by Crippen LogP contribution is 2.26. The van der Waals surface area contributed by atoms with E-state index in [1.54, 1.807) is 0 Å². The van der Waals surface area contributed by atoms with Gasteiger partial charge in [-0.05, 0) is 50.1 Å². The highest BCUT2D eigenvalue weighted by molar-refractivity contribution is 9.10. The van der Waals surface area contributed by atoms with E-state index >= 15 is 0 Å². The number of hydrogen-bond acceptors (Lipinski definition) is 1. The van der Waals surface area contributed by atoms with E-state index in [1.807, 2.05) is 6.07 Å². The molecule has 0 amide bonds. The molecular formula is C18H21BrFN. The minimum Gasteiger partial charge on any atom is -0.310 e. The Morgan fingerprint density at radius 3 is 2.33 bits per heavy atom. The summed E-state index contributed by atoms with van der Waals surface area (Å²) >= 11 is 3.46. The Hall–Kier alpha value is -1.19. The molecule has 0 saturated carbocycles. The molecule has 1 nitrogen and oxygen atoms in total. The summed E-state index contributed by atoms with van der Waals surface area (Å²) < 4.78 is 14.0. The van der Waals surface area contributed by atoms with Crippen molar-refractivity contribution in [2.24, 2.45) is 0 Å². The summed E-state index contributed by atoms with van der Waals surface area (Å²) in [7, 11) is 0. The smallest absolute Gasteiger partial charge is 0.124 e. The van der Waals surface area contributed by atoms with Crippen molar-refractivity contribution >= 4 is 15.9 Å². The molecule has 0 saturated heterocycles. The van der Waals surface area contributed by atoms with Crippen LogP contribution in [-0.4, -0.2) is 6.54 Å². The van der Waals surface area contributed by atoms with Crippen LogP contribution in [0.25, 0.3) is 0 Å². The van der Waals surface area contributed by atoms with E-state index in [0.29, 0.717) is 0 Å². The number of rotatable bonds is 5. The van der Waals surface area contributed by atoms with Crippen molar-refractivity contribution < 1.29 is 4.39 Å². The van der Waals surface area contributed by atoms with Gasteiger partial charge >= 0.3 is 0 Å². The van der Waals surface area contributed by atoms with Gasteiger partial charge in [0.2, 0.25) is 0 Å². The standard InChI is InChI=1S/C18H21BrFN/c1-4-21-18(15-8-12(2)7-13(3)9-15)10-14-5-6-16(20)11-17(14)19/h5-9,11,18,21H,4,10H2,1-3H3. The van der Waals surface area contributed by atoms with Crippen molar-refractivity contribution in [1.29, 1.82) is 0 Å². The van der Waals surface area contributed by atoms with Gasteiger partial charge < -0.3 is 5.32 Å². The lowest BCUT2D eigenvalue weighted by Gasteiger charge is -2.20. The van der Waals surface area contributed by atoms with Gasteiger partial charge in [-0.2, -0.15) is 0 Å². The summed E-state index contributed by atoms with van der Waals surface area (Å²) in [6.07, 6.45) is 0.831. The fourth-order valence-corrected chi connectivity index (χ4v) is 3.19. The van der Waals surface area contributed by atoms with Crippen LogP contribution >= 0.6 is 15.9 Å². The third kappa shape index (κ3) is 4.39. The van der Waals surface area contributed by atoms with Crippen LogP contribution < -0.4 is 5.32 Å². The first-order valence-corrected chi connectivity index (χ1v) is 8.04. The molecule has 0 aromatic heterocycles. The Morgan fingerprint density at radius 1 is 1.10 bits per heavy atom. The topological polar surface area (TPSA) is 12.0 Å². The second-order valence-electron chi connectivity index (χ2n) is 5.47. The number of likely N-dealkylation sites (N-methyl/N-ethyl adjacent to an activating group) is 1. The van der Waals surface area contributed by atoms with Crippen molar-refractivity contribution in [3.05, 3.63) is 68.9 Å². The highest BCUT2D eigenvalue weighted by Gasteiger charge is 2.14. The molecule has 0 aliphatic rings. The Balaban J connectivity index is 2.30. The predicted molar refractivity (Wildman–Crippen MR) is 90.1 cm³/mol. The van der Waals surface area contributed by atoms with Crippen molar-refractivity contribution in [2.75, 3.05) is 6.54 Å². The monoisotopic (exact) mass is 349 g/mol. The molecular weight excluding hydrogens is 329 g/mol. The van der Waals surface area contributed by atoms with Gasteiger partial charge in [0.05, 0.1) is 0 Å². The zero-order chi connectivity index (χ0) is 15.4. The third-order valence-corrected chi connectivity index (χ3v) is 4.27. The first-order valence-electron chi connectivity index (χ1n) is 7.25. The van der Waals surface area contributed by atoms with Gasteiger partial charge in [0.25, 0.3) is 0 Å². The molecule has 1 atom stereocenters. The molecule has 2 aromatic rings. The average molecular weight is 350 g/mol. The molecule has 2 rings (SSSR count). The van der Waals surface area contributed by atoms with Crippen LogP contribution in [0.4, 0.5) is 4.39 Å². The Bertz CT molecular complexity index is 604. The lowest BCUT2D eigenvalue weighted by atomic mass is 9.96. The van der Waals surface area contributed by atoms with E-state index in [9.17, 15) is 4.39 Å². The van der Waals surface area contributed by atoms with Crippen molar-refractivity contribution in [2.45, 2.75) is 33.2 Å². The van der Waals surface area contributed by atoms with Gasteiger partial charge in [-0.1, -0.05) is 58.2 Å². The molecule has 0 aliphatic carbocycles. The van der Waals surface area contributed by atoms with Crippen molar-refractivity contribution in [1.82, 2.24) is 5.32 Å². The zero-order valence-corrected chi connectivity index (χ0v) is 14.3. The van der Waals surface area contributed by atoms with E-state index in [4.69, 9.17) is 0 Å². The van der Waals surface area contributed by atoms with Gasteiger partial charge in [-0.25, -0.2) is 4.39 Å². The molecule has 0 fully saturated rings. The van der Waals surface area contributed by atoms with E-state index in [2.05, 4.69) is 60.2 Å². The van der Waals surface area contributed by atoms with E-state index in [-0.39, 0.29) is 11.9 Å². The van der Waals surface area contributed by atoms with E-state index < -0.39 is 0 Å². The first-order chi connectivity index (χ1) is 9.99. The number of aryl methyl sites for hydroxylation is 2. The number of halogens is 2. The largest absolute Gasteiger partial charge is 0.310 e. The van der Waals surface area contributed by atoms with Crippen LogP contribution in [-0.2, 0) is 6.42 Å². The van der Waals surface area contributed by atoms with Crippen LogP contribution in [0.2, 0.25) is 0 Å². The van der Waals surface area contributed by atoms with Crippen LogP contribution in [0.15, 0.2) is 40.9 Å². The summed E-state index contributed by atoms with van der Waals surface area (Å²) in [6.45, 7) is 7.24. The molecule has 0 spiro atoms. The van der Waals surface area contributed by atoms with Gasteiger partial charge in [-0.15, -0.1) is 0 Å². The van der Waals surface area contributed by atoms with Crippen LogP contribution in [0.1, 0.15) is 35.2 Å². The zero-order valence-electron chi connectivity index (χ0n) is 12.7. The maximum atomic E-state index is 13.2. The number of hydrogen-bond donors (Lipinski definition) is 1. The lowest BCUT2D eigenvalue weighted by molar-refractivity contribution is 0.547. The molecule has 3 heteroatoms. The Kier molecular flexibility index (Phi) is 5.54. The highest BCUT2D eigenvalue weighted by atomic mass is 79.9. The lowest BCUT2D eigenvalue weighted by Crippen LogP contribution is -2.23. The molecule has 1 unspecified atom stereocenters. The number of benzene rings is 2. The summed E-state index contributed by atoms with van der Waals surface area (Å²) in [5.41, 5.74) is 4.93. The second kappa shape index (κ2) is 7.19. The third-order valence-electron chi connectivity index (χ3n) is 3.54. The fourth-order valence-electron chi connectivity index (χ4n) is 2.67. The molecule has 1 N–H and O–H groups in total. The maximum absolute atomic E-state index is 13.2. The number of nitrogens with one attached hydrogen (secondary N) is 1. The van der Waals surface area contributed by atoms with Crippen LogP contribution in [0, 0.1) is 19.7 Å². The summed E-state index contributed by atoms with van der Waals surface area (Å²) in [6, 6.07) is 11.8. The van der Waals surface area contributed by atoms with Crippen LogP contribution in [0.3, 0.4) is 0 Å². The van der Waals surface area contributed by atoms with Crippen LogP contribution in [0.5, 0.6) is 0 Å².